The van der Waals surface area contributed by atoms with Crippen molar-refractivity contribution >= 4 is 15.9 Å². The highest BCUT2D eigenvalue weighted by molar-refractivity contribution is 9.09. The third-order valence-corrected chi connectivity index (χ3v) is 3.80. The topological polar surface area (TPSA) is 9.23 Å². The number of methoxy groups -OCH3 is 1. The normalized spacial score (nSPS) is 14.7. The van der Waals surface area contributed by atoms with Gasteiger partial charge in [0.25, 0.3) is 0 Å². The monoisotopic (exact) mass is 274 g/mol. The Kier molecular flexibility index (Phi) is 4.58. The zero-order valence-corrected chi connectivity index (χ0v) is 10.8. The number of benzene rings is 1. The Morgan fingerprint density at radius 1 is 1.40 bits per heavy atom. The quantitative estimate of drug-likeness (QED) is 0.755. The van der Waals surface area contributed by atoms with Gasteiger partial charge in [0.1, 0.15) is 11.6 Å². The fraction of sp³-hybridized carbons (Fsp3) is 0.500. The second kappa shape index (κ2) is 5.50. The van der Waals surface area contributed by atoms with Crippen LogP contribution in [0, 0.1) is 11.7 Å². The van der Waals surface area contributed by atoms with Gasteiger partial charge in [-0.1, -0.05) is 29.8 Å². The van der Waals surface area contributed by atoms with E-state index in [0.717, 1.165) is 16.6 Å². The average molecular weight is 275 g/mol. The van der Waals surface area contributed by atoms with Crippen LogP contribution in [0.2, 0.25) is 0 Å². The zero-order chi connectivity index (χ0) is 11.4. The zero-order valence-electron chi connectivity index (χ0n) is 9.26. The highest BCUT2D eigenvalue weighted by atomic mass is 79.9. The van der Waals surface area contributed by atoms with Crippen LogP contribution in [0.3, 0.4) is 0 Å². The van der Waals surface area contributed by atoms with Crippen molar-refractivity contribution in [2.45, 2.75) is 19.8 Å². The van der Waals surface area contributed by atoms with Crippen molar-refractivity contribution < 1.29 is 9.13 Å². The van der Waals surface area contributed by atoms with Crippen LogP contribution in [0.1, 0.15) is 25.3 Å². The summed E-state index contributed by atoms with van der Waals surface area (Å²) in [5.41, 5.74) is 0.935. The number of hydrogen-bond acceptors (Lipinski definition) is 1. The van der Waals surface area contributed by atoms with Gasteiger partial charge in [-0.2, -0.15) is 0 Å². The van der Waals surface area contributed by atoms with Crippen LogP contribution in [0.5, 0.6) is 5.75 Å². The molecule has 0 saturated heterocycles. The lowest BCUT2D eigenvalue weighted by Gasteiger charge is -2.20. The number of alkyl halides is 1. The molecule has 3 heteroatoms. The maximum absolute atomic E-state index is 13.1. The van der Waals surface area contributed by atoms with Crippen LogP contribution in [-0.4, -0.2) is 12.4 Å². The summed E-state index contributed by atoms with van der Waals surface area (Å²) in [6.07, 6.45) is 0. The van der Waals surface area contributed by atoms with Crippen molar-refractivity contribution in [3.05, 3.63) is 29.6 Å². The first-order valence-corrected chi connectivity index (χ1v) is 6.11. The fourth-order valence-electron chi connectivity index (χ4n) is 1.50. The van der Waals surface area contributed by atoms with Crippen LogP contribution in [0.25, 0.3) is 0 Å². The lowest BCUT2D eigenvalue weighted by atomic mass is 9.89. The molecule has 0 saturated carbocycles. The molecule has 0 radical (unpaired) electrons. The summed E-state index contributed by atoms with van der Waals surface area (Å²) in [4.78, 5) is 0. The fourth-order valence-corrected chi connectivity index (χ4v) is 2.06. The van der Waals surface area contributed by atoms with Gasteiger partial charge < -0.3 is 4.74 Å². The maximum atomic E-state index is 13.1. The first-order valence-electron chi connectivity index (χ1n) is 4.99. The molecule has 0 N–H and O–H groups in total. The van der Waals surface area contributed by atoms with E-state index in [1.807, 2.05) is 0 Å². The van der Waals surface area contributed by atoms with Gasteiger partial charge in [0.05, 0.1) is 7.11 Å². The first-order chi connectivity index (χ1) is 7.10. The van der Waals surface area contributed by atoms with Crippen LogP contribution >= 0.6 is 15.9 Å². The van der Waals surface area contributed by atoms with Crippen molar-refractivity contribution in [1.29, 1.82) is 0 Å². The smallest absolute Gasteiger partial charge is 0.123 e. The molecular formula is C12H16BrFO. The van der Waals surface area contributed by atoms with Gasteiger partial charge in [0, 0.05) is 10.9 Å². The van der Waals surface area contributed by atoms with E-state index in [0.29, 0.717) is 5.92 Å². The van der Waals surface area contributed by atoms with Gasteiger partial charge in [-0.15, -0.1) is 0 Å². The molecule has 1 rings (SSSR count). The summed E-state index contributed by atoms with van der Waals surface area (Å²) in [5.74, 6) is 1.27. The molecule has 0 heterocycles. The highest BCUT2D eigenvalue weighted by Crippen LogP contribution is 2.32. The molecule has 0 bridgehead atoms. The molecule has 15 heavy (non-hydrogen) atoms. The number of hydrogen-bond donors (Lipinski definition) is 0. The van der Waals surface area contributed by atoms with E-state index < -0.39 is 0 Å². The van der Waals surface area contributed by atoms with Crippen molar-refractivity contribution in [1.82, 2.24) is 0 Å². The molecule has 0 spiro atoms. The molecule has 0 aromatic heterocycles. The molecule has 2 unspecified atom stereocenters. The Hall–Kier alpha value is -0.570. The summed E-state index contributed by atoms with van der Waals surface area (Å²) >= 11 is 3.44. The maximum Gasteiger partial charge on any atom is 0.123 e. The predicted molar refractivity (Wildman–Crippen MR) is 64.3 cm³/mol. The minimum atomic E-state index is -0.209. The third kappa shape index (κ3) is 2.94. The summed E-state index contributed by atoms with van der Waals surface area (Å²) in [7, 11) is 1.61. The van der Waals surface area contributed by atoms with E-state index in [1.165, 1.54) is 6.07 Å². The van der Waals surface area contributed by atoms with Gasteiger partial charge >= 0.3 is 0 Å². The van der Waals surface area contributed by atoms with Crippen molar-refractivity contribution in [2.24, 2.45) is 5.92 Å². The molecule has 0 fully saturated rings. The summed E-state index contributed by atoms with van der Waals surface area (Å²) in [5, 5.41) is 0.897. The van der Waals surface area contributed by atoms with E-state index in [9.17, 15) is 4.39 Å². The third-order valence-electron chi connectivity index (χ3n) is 2.78. The first kappa shape index (κ1) is 12.5. The van der Waals surface area contributed by atoms with Crippen LogP contribution in [0.4, 0.5) is 4.39 Å². The lowest BCUT2D eigenvalue weighted by Crippen LogP contribution is -2.09. The molecule has 0 aliphatic rings. The SMILES string of the molecule is COc1ccc(F)cc1C(C)C(C)CBr. The minimum absolute atomic E-state index is 0.209. The molecule has 2 atom stereocenters. The molecule has 84 valence electrons. The molecule has 0 amide bonds. The molecule has 1 aromatic rings. The number of rotatable bonds is 4. The van der Waals surface area contributed by atoms with Crippen molar-refractivity contribution in [3.8, 4) is 5.75 Å². The van der Waals surface area contributed by atoms with Gasteiger partial charge in [-0.25, -0.2) is 4.39 Å². The van der Waals surface area contributed by atoms with E-state index >= 15 is 0 Å². The van der Waals surface area contributed by atoms with E-state index in [-0.39, 0.29) is 11.7 Å². The summed E-state index contributed by atoms with van der Waals surface area (Å²) in [6.45, 7) is 4.22. The Bertz CT molecular complexity index is 327. The average Bonchev–Trinajstić information content (AvgIpc) is 2.27. The largest absolute Gasteiger partial charge is 0.496 e. The second-order valence-corrected chi connectivity index (χ2v) is 4.45. The highest BCUT2D eigenvalue weighted by Gasteiger charge is 2.17. The summed E-state index contributed by atoms with van der Waals surface area (Å²) < 4.78 is 18.4. The van der Waals surface area contributed by atoms with Crippen LogP contribution in [-0.2, 0) is 0 Å². The van der Waals surface area contributed by atoms with Crippen LogP contribution in [0.15, 0.2) is 18.2 Å². The van der Waals surface area contributed by atoms with Gasteiger partial charge in [0.15, 0.2) is 0 Å². The molecule has 0 aliphatic heterocycles. The molecule has 1 aromatic carbocycles. The second-order valence-electron chi connectivity index (χ2n) is 3.81. The van der Waals surface area contributed by atoms with Gasteiger partial charge in [-0.05, 0) is 30.0 Å². The van der Waals surface area contributed by atoms with E-state index in [1.54, 1.807) is 19.2 Å². The van der Waals surface area contributed by atoms with Crippen molar-refractivity contribution in [3.63, 3.8) is 0 Å². The standard InChI is InChI=1S/C12H16BrFO/c1-8(7-13)9(2)11-6-10(14)4-5-12(11)15-3/h4-6,8-9H,7H2,1-3H3. The van der Waals surface area contributed by atoms with Crippen molar-refractivity contribution in [2.75, 3.05) is 12.4 Å². The molecule has 1 nitrogen and oxygen atoms in total. The molecular weight excluding hydrogens is 259 g/mol. The van der Waals surface area contributed by atoms with Gasteiger partial charge in [-0.3, -0.25) is 0 Å². The predicted octanol–water partition coefficient (Wildman–Crippen LogP) is 3.97. The Morgan fingerprint density at radius 3 is 2.60 bits per heavy atom. The lowest BCUT2D eigenvalue weighted by molar-refractivity contribution is 0.398. The number of halogens is 2. The Balaban J connectivity index is 3.05. The summed E-state index contributed by atoms with van der Waals surface area (Å²) in [6, 6.07) is 4.67. The minimum Gasteiger partial charge on any atom is -0.496 e. The Labute approximate surface area is 98.8 Å². The number of ether oxygens (including phenoxy) is 1. The Morgan fingerprint density at radius 2 is 2.07 bits per heavy atom. The van der Waals surface area contributed by atoms with E-state index in [2.05, 4.69) is 29.8 Å². The molecule has 0 aliphatic carbocycles. The van der Waals surface area contributed by atoms with Crippen LogP contribution < -0.4 is 4.74 Å². The van der Waals surface area contributed by atoms with Gasteiger partial charge in [0.2, 0.25) is 0 Å². The van der Waals surface area contributed by atoms with E-state index in [4.69, 9.17) is 4.74 Å².